The first kappa shape index (κ1) is 14.8. The van der Waals surface area contributed by atoms with E-state index >= 15 is 0 Å². The Labute approximate surface area is 124 Å². The third kappa shape index (κ3) is 3.94. The van der Waals surface area contributed by atoms with E-state index in [0.29, 0.717) is 17.8 Å². The number of anilines is 1. The maximum Gasteiger partial charge on any atom is 0.255 e. The van der Waals surface area contributed by atoms with Crippen molar-refractivity contribution < 1.29 is 4.79 Å². The van der Waals surface area contributed by atoms with Crippen molar-refractivity contribution in [2.24, 2.45) is 5.73 Å². The zero-order valence-corrected chi connectivity index (χ0v) is 12.1. The number of nitrogens with one attached hydrogen (secondary N) is 1. The quantitative estimate of drug-likeness (QED) is 0.846. The molecule has 1 aromatic carbocycles. The molecule has 3 N–H and O–H groups in total. The Morgan fingerprint density at radius 3 is 2.67 bits per heavy atom. The summed E-state index contributed by atoms with van der Waals surface area (Å²) in [6.45, 7) is 4.38. The summed E-state index contributed by atoms with van der Waals surface area (Å²) in [5.41, 5.74) is 7.41. The molecule has 108 valence electrons. The molecule has 1 heterocycles. The molecule has 0 aliphatic carbocycles. The summed E-state index contributed by atoms with van der Waals surface area (Å²) >= 11 is 0. The lowest BCUT2D eigenvalue weighted by Gasteiger charge is -2.04. The highest BCUT2D eigenvalue weighted by Gasteiger charge is 2.08. The van der Waals surface area contributed by atoms with Gasteiger partial charge in [-0.1, -0.05) is 11.8 Å². The largest absolute Gasteiger partial charge is 0.320 e. The van der Waals surface area contributed by atoms with Gasteiger partial charge in [-0.05, 0) is 38.1 Å². The molecule has 0 unspecified atom stereocenters. The number of hydrogen-bond donors (Lipinski definition) is 2. The SMILES string of the molecule is CC(C)n1cc(NC(=O)c2ccc(C#CCN)cc2)cn1. The number of carbonyl (C=O) groups is 1. The van der Waals surface area contributed by atoms with Crippen molar-refractivity contribution in [2.45, 2.75) is 19.9 Å². The van der Waals surface area contributed by atoms with Crippen molar-refractivity contribution >= 4 is 11.6 Å². The second-order valence-electron chi connectivity index (χ2n) is 4.84. The first-order valence-electron chi connectivity index (χ1n) is 6.74. The van der Waals surface area contributed by atoms with Gasteiger partial charge in [0.25, 0.3) is 5.91 Å². The predicted molar refractivity (Wildman–Crippen MR) is 82.9 cm³/mol. The lowest BCUT2D eigenvalue weighted by atomic mass is 10.1. The number of carbonyl (C=O) groups excluding carboxylic acids is 1. The maximum atomic E-state index is 12.1. The third-order valence-electron chi connectivity index (χ3n) is 2.87. The zero-order valence-electron chi connectivity index (χ0n) is 12.1. The molecule has 0 spiro atoms. The number of aromatic nitrogens is 2. The fourth-order valence-electron chi connectivity index (χ4n) is 1.75. The first-order chi connectivity index (χ1) is 10.1. The van der Waals surface area contributed by atoms with E-state index in [1.807, 2.05) is 20.0 Å². The number of nitrogens with two attached hydrogens (primary N) is 1. The summed E-state index contributed by atoms with van der Waals surface area (Å²) in [7, 11) is 0. The number of rotatable bonds is 3. The van der Waals surface area contributed by atoms with Crippen LogP contribution < -0.4 is 11.1 Å². The molecule has 0 atom stereocenters. The highest BCUT2D eigenvalue weighted by molar-refractivity contribution is 6.04. The van der Waals surface area contributed by atoms with Crippen LogP contribution in [0.25, 0.3) is 0 Å². The molecule has 0 aliphatic rings. The Bertz CT molecular complexity index is 674. The van der Waals surface area contributed by atoms with Gasteiger partial charge in [0.1, 0.15) is 0 Å². The lowest BCUT2D eigenvalue weighted by molar-refractivity contribution is 0.102. The summed E-state index contributed by atoms with van der Waals surface area (Å²) < 4.78 is 1.79. The Morgan fingerprint density at radius 2 is 2.10 bits per heavy atom. The van der Waals surface area contributed by atoms with E-state index < -0.39 is 0 Å². The van der Waals surface area contributed by atoms with Crippen molar-refractivity contribution in [2.75, 3.05) is 11.9 Å². The van der Waals surface area contributed by atoms with Crippen molar-refractivity contribution in [3.63, 3.8) is 0 Å². The average molecular weight is 282 g/mol. The highest BCUT2D eigenvalue weighted by Crippen LogP contribution is 2.12. The molecule has 5 heteroatoms. The van der Waals surface area contributed by atoms with Gasteiger partial charge in [0.15, 0.2) is 0 Å². The first-order valence-corrected chi connectivity index (χ1v) is 6.74. The van der Waals surface area contributed by atoms with E-state index in [1.165, 1.54) is 0 Å². The minimum atomic E-state index is -0.170. The van der Waals surface area contributed by atoms with E-state index in [9.17, 15) is 4.79 Å². The number of nitrogens with zero attached hydrogens (tertiary/aromatic N) is 2. The van der Waals surface area contributed by atoms with E-state index in [1.54, 1.807) is 35.1 Å². The summed E-state index contributed by atoms with van der Waals surface area (Å²) in [4.78, 5) is 12.1. The minimum Gasteiger partial charge on any atom is -0.320 e. The number of benzene rings is 1. The highest BCUT2D eigenvalue weighted by atomic mass is 16.1. The van der Waals surface area contributed by atoms with Gasteiger partial charge in [0.2, 0.25) is 0 Å². The number of amides is 1. The van der Waals surface area contributed by atoms with E-state index in [0.717, 1.165) is 5.56 Å². The molecule has 1 amide bonds. The van der Waals surface area contributed by atoms with Crippen LogP contribution in [0.3, 0.4) is 0 Å². The molecule has 0 bridgehead atoms. The van der Waals surface area contributed by atoms with Gasteiger partial charge in [-0.3, -0.25) is 9.48 Å². The van der Waals surface area contributed by atoms with Gasteiger partial charge >= 0.3 is 0 Å². The Hall–Kier alpha value is -2.58. The van der Waals surface area contributed by atoms with Gasteiger partial charge in [-0.15, -0.1) is 0 Å². The Balaban J connectivity index is 2.05. The summed E-state index contributed by atoms with van der Waals surface area (Å²) in [6.07, 6.45) is 3.45. The monoisotopic (exact) mass is 282 g/mol. The fourth-order valence-corrected chi connectivity index (χ4v) is 1.75. The van der Waals surface area contributed by atoms with Gasteiger partial charge in [0.05, 0.1) is 18.4 Å². The smallest absolute Gasteiger partial charge is 0.255 e. The second kappa shape index (κ2) is 6.73. The van der Waals surface area contributed by atoms with Crippen LogP contribution in [0.2, 0.25) is 0 Å². The molecule has 0 saturated carbocycles. The number of hydrogen-bond acceptors (Lipinski definition) is 3. The van der Waals surface area contributed by atoms with Crippen molar-refractivity contribution in [1.82, 2.24) is 9.78 Å². The maximum absolute atomic E-state index is 12.1. The average Bonchev–Trinajstić information content (AvgIpc) is 2.94. The minimum absolute atomic E-state index is 0.170. The van der Waals surface area contributed by atoms with Crippen LogP contribution in [0.4, 0.5) is 5.69 Å². The second-order valence-corrected chi connectivity index (χ2v) is 4.84. The predicted octanol–water partition coefficient (Wildman–Crippen LogP) is 2.03. The molecule has 0 saturated heterocycles. The van der Waals surface area contributed by atoms with Gasteiger partial charge in [-0.25, -0.2) is 0 Å². The van der Waals surface area contributed by atoms with Crippen molar-refractivity contribution in [3.8, 4) is 11.8 Å². The van der Waals surface area contributed by atoms with Crippen LogP contribution in [0.15, 0.2) is 36.7 Å². The van der Waals surface area contributed by atoms with E-state index in [4.69, 9.17) is 5.73 Å². The Morgan fingerprint density at radius 1 is 1.38 bits per heavy atom. The van der Waals surface area contributed by atoms with Crippen molar-refractivity contribution in [1.29, 1.82) is 0 Å². The van der Waals surface area contributed by atoms with E-state index in [2.05, 4.69) is 22.3 Å². The molecule has 21 heavy (non-hydrogen) atoms. The topological polar surface area (TPSA) is 72.9 Å². The molecule has 5 nitrogen and oxygen atoms in total. The third-order valence-corrected chi connectivity index (χ3v) is 2.87. The molecule has 0 aliphatic heterocycles. The van der Waals surface area contributed by atoms with Crippen LogP contribution in [0, 0.1) is 11.8 Å². The van der Waals surface area contributed by atoms with Crippen LogP contribution in [-0.2, 0) is 0 Å². The normalized spacial score (nSPS) is 10.1. The van der Waals surface area contributed by atoms with Gasteiger partial charge < -0.3 is 11.1 Å². The Kier molecular flexibility index (Phi) is 4.75. The van der Waals surface area contributed by atoms with E-state index in [-0.39, 0.29) is 11.9 Å². The zero-order chi connectivity index (χ0) is 15.2. The molecule has 1 aromatic heterocycles. The van der Waals surface area contributed by atoms with Crippen LogP contribution >= 0.6 is 0 Å². The molecule has 0 radical (unpaired) electrons. The summed E-state index contributed by atoms with van der Waals surface area (Å²) in [5, 5.41) is 7.00. The van der Waals surface area contributed by atoms with Crippen LogP contribution in [0.5, 0.6) is 0 Å². The standard InChI is InChI=1S/C16H18N4O/c1-12(2)20-11-15(10-18-20)19-16(21)14-7-5-13(6-8-14)4-3-9-17/h5-8,10-12H,9,17H2,1-2H3,(H,19,21). The molecule has 0 fully saturated rings. The molecule has 2 rings (SSSR count). The fraction of sp³-hybridized carbons (Fsp3) is 0.250. The molecular formula is C16H18N4O. The summed E-state index contributed by atoms with van der Waals surface area (Å²) in [6, 6.07) is 7.34. The van der Waals surface area contributed by atoms with Gasteiger partial charge in [-0.2, -0.15) is 5.10 Å². The lowest BCUT2D eigenvalue weighted by Crippen LogP contribution is -2.11. The van der Waals surface area contributed by atoms with Gasteiger partial charge in [0, 0.05) is 23.4 Å². The van der Waals surface area contributed by atoms with Crippen molar-refractivity contribution in [3.05, 3.63) is 47.8 Å². The molecule has 2 aromatic rings. The molecular weight excluding hydrogens is 264 g/mol. The summed E-state index contributed by atoms with van der Waals surface area (Å²) in [5.74, 6) is 5.52. The van der Waals surface area contributed by atoms with Crippen LogP contribution in [-0.4, -0.2) is 22.2 Å². The van der Waals surface area contributed by atoms with Crippen LogP contribution in [0.1, 0.15) is 35.8 Å².